The van der Waals surface area contributed by atoms with Gasteiger partial charge in [0, 0.05) is 23.5 Å². The van der Waals surface area contributed by atoms with Gasteiger partial charge in [0.05, 0.1) is 12.6 Å². The highest BCUT2D eigenvalue weighted by molar-refractivity contribution is 5.85. The van der Waals surface area contributed by atoms with E-state index in [2.05, 4.69) is 55.5 Å². The van der Waals surface area contributed by atoms with Gasteiger partial charge in [0.1, 0.15) is 0 Å². The Labute approximate surface area is 97.1 Å². The first-order valence-corrected chi connectivity index (χ1v) is 6.07. The van der Waals surface area contributed by atoms with Gasteiger partial charge < -0.3 is 10.3 Å². The smallest absolute Gasteiger partial charge is 0.0802 e. The number of aryl methyl sites for hydroxylation is 1. The molecule has 3 N–H and O–H groups in total. The topological polar surface area (TPSA) is 32.4 Å². The molecule has 0 spiro atoms. The van der Waals surface area contributed by atoms with Gasteiger partial charge >= 0.3 is 0 Å². The fraction of sp³-hybridized carbons (Fsp3) is 0.429. The molecule has 0 fully saturated rings. The highest BCUT2D eigenvalue weighted by Crippen LogP contribution is 2.20. The molecular weight excluding hydrogens is 196 g/mol. The van der Waals surface area contributed by atoms with Crippen LogP contribution in [0.2, 0.25) is 0 Å². The summed E-state index contributed by atoms with van der Waals surface area (Å²) in [6.45, 7) is 7.79. The van der Waals surface area contributed by atoms with E-state index in [1.165, 1.54) is 28.6 Å². The third-order valence-electron chi connectivity index (χ3n) is 3.06. The summed E-state index contributed by atoms with van der Waals surface area (Å²) in [7, 11) is 0. The van der Waals surface area contributed by atoms with E-state index in [1.807, 2.05) is 0 Å². The summed E-state index contributed by atoms with van der Waals surface area (Å²) < 4.78 is 0. The maximum Gasteiger partial charge on any atom is 0.0802 e. The molecule has 0 aliphatic carbocycles. The van der Waals surface area contributed by atoms with Gasteiger partial charge in [0.2, 0.25) is 0 Å². The van der Waals surface area contributed by atoms with E-state index < -0.39 is 0 Å². The Bertz CT molecular complexity index is 469. The quantitative estimate of drug-likeness (QED) is 0.785. The van der Waals surface area contributed by atoms with Crippen LogP contribution < -0.4 is 5.32 Å². The van der Waals surface area contributed by atoms with Crippen LogP contribution in [0.3, 0.4) is 0 Å². The third kappa shape index (κ3) is 2.27. The molecule has 2 aromatic rings. The number of hydrogen-bond acceptors (Lipinski definition) is 0. The van der Waals surface area contributed by atoms with Crippen LogP contribution in [0.1, 0.15) is 25.0 Å². The second kappa shape index (κ2) is 4.71. The molecule has 0 bridgehead atoms. The van der Waals surface area contributed by atoms with E-state index in [9.17, 15) is 0 Å². The molecule has 2 heteroatoms. The maximum atomic E-state index is 3.38. The Hall–Kier alpha value is -1.28. The largest absolute Gasteiger partial charge is 0.361 e. The van der Waals surface area contributed by atoms with Gasteiger partial charge in [-0.2, -0.15) is 0 Å². The molecule has 0 aliphatic heterocycles. The standard InChI is InChI=1S/C14H20N2/c1-10(2)15-8-7-12-9-16-14-11(3)5-4-6-13(12)14/h4-6,9-10,15-16H,7-8H2,1-3H3/p+1. The summed E-state index contributed by atoms with van der Waals surface area (Å²) in [5.41, 5.74) is 4.06. The number of quaternary nitrogens is 1. The van der Waals surface area contributed by atoms with E-state index in [0.29, 0.717) is 6.04 Å². The number of H-pyrrole nitrogens is 1. The average molecular weight is 217 g/mol. The number of fused-ring (bicyclic) bond motifs is 1. The second-order valence-corrected chi connectivity index (χ2v) is 4.83. The van der Waals surface area contributed by atoms with E-state index in [4.69, 9.17) is 0 Å². The first-order chi connectivity index (χ1) is 7.68. The first kappa shape index (κ1) is 11.2. The zero-order chi connectivity index (χ0) is 11.5. The van der Waals surface area contributed by atoms with Crippen molar-refractivity contribution in [1.82, 2.24) is 4.98 Å². The summed E-state index contributed by atoms with van der Waals surface area (Å²) in [5, 5.41) is 3.77. The lowest BCUT2D eigenvalue weighted by molar-refractivity contribution is -0.682. The molecule has 0 aliphatic rings. The number of aromatic amines is 1. The zero-order valence-corrected chi connectivity index (χ0v) is 10.4. The van der Waals surface area contributed by atoms with Crippen molar-refractivity contribution in [2.24, 2.45) is 0 Å². The third-order valence-corrected chi connectivity index (χ3v) is 3.06. The molecule has 1 aromatic carbocycles. The number of hydrogen-bond donors (Lipinski definition) is 2. The first-order valence-electron chi connectivity index (χ1n) is 6.07. The normalized spacial score (nSPS) is 11.5. The van der Waals surface area contributed by atoms with Crippen LogP contribution in [0.4, 0.5) is 0 Å². The van der Waals surface area contributed by atoms with E-state index in [0.717, 1.165) is 6.42 Å². The van der Waals surface area contributed by atoms with Gasteiger partial charge in [-0.25, -0.2) is 0 Å². The second-order valence-electron chi connectivity index (χ2n) is 4.83. The van der Waals surface area contributed by atoms with Crippen LogP contribution in [-0.4, -0.2) is 17.6 Å². The van der Waals surface area contributed by atoms with Gasteiger partial charge in [0.25, 0.3) is 0 Å². The van der Waals surface area contributed by atoms with Crippen molar-refractivity contribution in [1.29, 1.82) is 0 Å². The Balaban J connectivity index is 2.16. The van der Waals surface area contributed by atoms with Gasteiger partial charge in [-0.05, 0) is 31.9 Å². The maximum absolute atomic E-state index is 3.38. The minimum absolute atomic E-state index is 0.687. The van der Waals surface area contributed by atoms with Crippen molar-refractivity contribution >= 4 is 10.9 Å². The van der Waals surface area contributed by atoms with Crippen LogP contribution in [-0.2, 0) is 6.42 Å². The summed E-state index contributed by atoms with van der Waals surface area (Å²) in [6, 6.07) is 7.19. The van der Waals surface area contributed by atoms with Crippen molar-refractivity contribution in [3.05, 3.63) is 35.5 Å². The molecular formula is C14H21N2+. The summed E-state index contributed by atoms with van der Waals surface area (Å²) >= 11 is 0. The minimum atomic E-state index is 0.687. The molecule has 0 radical (unpaired) electrons. The highest BCUT2D eigenvalue weighted by atomic mass is 14.9. The lowest BCUT2D eigenvalue weighted by Crippen LogP contribution is -2.88. The number of nitrogens with one attached hydrogen (secondary N) is 1. The Morgan fingerprint density at radius 1 is 1.31 bits per heavy atom. The molecule has 2 nitrogen and oxygen atoms in total. The van der Waals surface area contributed by atoms with Crippen LogP contribution >= 0.6 is 0 Å². The number of benzene rings is 1. The van der Waals surface area contributed by atoms with E-state index in [1.54, 1.807) is 0 Å². The number of aromatic nitrogens is 1. The molecule has 1 aromatic heterocycles. The Morgan fingerprint density at radius 3 is 2.88 bits per heavy atom. The van der Waals surface area contributed by atoms with Gasteiger partial charge in [-0.3, -0.25) is 0 Å². The highest BCUT2D eigenvalue weighted by Gasteiger charge is 2.06. The number of rotatable bonds is 4. The lowest BCUT2D eigenvalue weighted by atomic mass is 10.1. The molecule has 0 amide bonds. The van der Waals surface area contributed by atoms with Crippen LogP contribution in [0.15, 0.2) is 24.4 Å². The fourth-order valence-electron chi connectivity index (χ4n) is 2.14. The monoisotopic (exact) mass is 217 g/mol. The molecule has 1 heterocycles. The predicted molar refractivity (Wildman–Crippen MR) is 68.7 cm³/mol. The van der Waals surface area contributed by atoms with E-state index >= 15 is 0 Å². The molecule has 0 unspecified atom stereocenters. The fourth-order valence-corrected chi connectivity index (χ4v) is 2.14. The van der Waals surface area contributed by atoms with Crippen molar-refractivity contribution in [3.63, 3.8) is 0 Å². The summed E-state index contributed by atoms with van der Waals surface area (Å²) in [5.74, 6) is 0. The Morgan fingerprint density at radius 2 is 2.12 bits per heavy atom. The average Bonchev–Trinajstić information content (AvgIpc) is 2.63. The van der Waals surface area contributed by atoms with Crippen LogP contribution in [0.25, 0.3) is 10.9 Å². The lowest BCUT2D eigenvalue weighted by Gasteiger charge is -2.04. The van der Waals surface area contributed by atoms with Crippen LogP contribution in [0.5, 0.6) is 0 Å². The van der Waals surface area contributed by atoms with Gasteiger partial charge in [-0.15, -0.1) is 0 Å². The Kier molecular flexibility index (Phi) is 3.30. The zero-order valence-electron chi connectivity index (χ0n) is 10.4. The van der Waals surface area contributed by atoms with E-state index in [-0.39, 0.29) is 0 Å². The SMILES string of the molecule is Cc1cccc2c(CC[NH2+]C(C)C)c[nH]c12. The predicted octanol–water partition coefficient (Wildman–Crippen LogP) is 1.99. The molecule has 0 saturated heterocycles. The summed E-state index contributed by atoms with van der Waals surface area (Å²) in [4.78, 5) is 3.38. The molecule has 0 atom stereocenters. The van der Waals surface area contributed by atoms with Gasteiger partial charge in [0.15, 0.2) is 0 Å². The van der Waals surface area contributed by atoms with Gasteiger partial charge in [-0.1, -0.05) is 18.2 Å². The number of nitrogens with two attached hydrogens (primary N) is 1. The molecule has 2 rings (SSSR count). The van der Waals surface area contributed by atoms with Crippen molar-refractivity contribution in [3.8, 4) is 0 Å². The minimum Gasteiger partial charge on any atom is -0.361 e. The molecule has 86 valence electrons. The number of para-hydroxylation sites is 1. The molecule has 16 heavy (non-hydrogen) atoms. The van der Waals surface area contributed by atoms with Crippen LogP contribution in [0, 0.1) is 6.92 Å². The van der Waals surface area contributed by atoms with Crippen molar-refractivity contribution in [2.75, 3.05) is 6.54 Å². The van der Waals surface area contributed by atoms with Crippen molar-refractivity contribution < 1.29 is 5.32 Å². The summed E-state index contributed by atoms with van der Waals surface area (Å²) in [6.07, 6.45) is 3.30. The molecule has 0 saturated carbocycles. The van der Waals surface area contributed by atoms with Crippen molar-refractivity contribution in [2.45, 2.75) is 33.2 Å².